The van der Waals surface area contributed by atoms with E-state index in [1.165, 1.54) is 42.7 Å². The van der Waals surface area contributed by atoms with Gasteiger partial charge in [0.1, 0.15) is 5.01 Å². The van der Waals surface area contributed by atoms with E-state index < -0.39 is 0 Å². The highest BCUT2D eigenvalue weighted by atomic mass is 32.1. The third kappa shape index (κ3) is 2.35. The number of aromatic nitrogens is 4. The van der Waals surface area contributed by atoms with Crippen LogP contribution in [-0.2, 0) is 0 Å². The SMILES string of the molecule is Cc1ccc(-c2nnc3sc(C4CCCCC4)nn23)cc1. The number of hydrogen-bond donors (Lipinski definition) is 0. The summed E-state index contributed by atoms with van der Waals surface area (Å²) < 4.78 is 1.92. The van der Waals surface area contributed by atoms with E-state index in [4.69, 9.17) is 5.10 Å². The highest BCUT2D eigenvalue weighted by Crippen LogP contribution is 2.35. The van der Waals surface area contributed by atoms with Crippen molar-refractivity contribution in [3.8, 4) is 11.4 Å². The minimum Gasteiger partial charge on any atom is -0.183 e. The van der Waals surface area contributed by atoms with Crippen molar-refractivity contribution in [1.82, 2.24) is 19.8 Å². The normalized spacial score (nSPS) is 16.6. The van der Waals surface area contributed by atoms with Gasteiger partial charge in [0.2, 0.25) is 4.96 Å². The second-order valence-corrected chi connectivity index (χ2v) is 6.85. The van der Waals surface area contributed by atoms with Gasteiger partial charge in [-0.15, -0.1) is 10.2 Å². The van der Waals surface area contributed by atoms with Crippen LogP contribution in [0.15, 0.2) is 24.3 Å². The minimum absolute atomic E-state index is 0.622. The molecule has 4 rings (SSSR count). The molecule has 2 aromatic heterocycles. The molecule has 3 aromatic rings. The predicted molar refractivity (Wildman–Crippen MR) is 84.7 cm³/mol. The largest absolute Gasteiger partial charge is 0.234 e. The van der Waals surface area contributed by atoms with Crippen LogP contribution in [0.2, 0.25) is 0 Å². The number of benzene rings is 1. The van der Waals surface area contributed by atoms with Gasteiger partial charge >= 0.3 is 0 Å². The molecule has 0 bridgehead atoms. The molecule has 0 radical (unpaired) electrons. The molecule has 0 N–H and O–H groups in total. The van der Waals surface area contributed by atoms with E-state index in [1.54, 1.807) is 11.3 Å². The summed E-state index contributed by atoms with van der Waals surface area (Å²) in [4.78, 5) is 0.908. The zero-order valence-electron chi connectivity index (χ0n) is 12.1. The second-order valence-electron chi connectivity index (χ2n) is 5.86. The number of nitrogens with zero attached hydrogens (tertiary/aromatic N) is 4. The lowest BCUT2D eigenvalue weighted by Gasteiger charge is -2.18. The molecular formula is C16H18N4S. The maximum absolute atomic E-state index is 4.81. The van der Waals surface area contributed by atoms with Crippen LogP contribution in [0.1, 0.15) is 48.6 Å². The van der Waals surface area contributed by atoms with Gasteiger partial charge in [-0.1, -0.05) is 60.4 Å². The van der Waals surface area contributed by atoms with Crippen LogP contribution in [0, 0.1) is 6.92 Å². The fourth-order valence-corrected chi connectivity index (χ4v) is 4.04. The van der Waals surface area contributed by atoms with Gasteiger partial charge in [0, 0.05) is 11.5 Å². The number of aryl methyl sites for hydroxylation is 1. The molecule has 0 saturated heterocycles. The lowest BCUT2D eigenvalue weighted by atomic mass is 9.90. The van der Waals surface area contributed by atoms with Gasteiger partial charge in [0.25, 0.3) is 0 Å². The van der Waals surface area contributed by atoms with E-state index >= 15 is 0 Å². The summed E-state index contributed by atoms with van der Waals surface area (Å²) in [5.74, 6) is 1.47. The van der Waals surface area contributed by atoms with Crippen molar-refractivity contribution in [3.63, 3.8) is 0 Å². The van der Waals surface area contributed by atoms with E-state index in [1.807, 2.05) is 4.52 Å². The van der Waals surface area contributed by atoms with Gasteiger partial charge < -0.3 is 0 Å². The summed E-state index contributed by atoms with van der Waals surface area (Å²) in [6.45, 7) is 2.09. The summed E-state index contributed by atoms with van der Waals surface area (Å²) >= 11 is 1.70. The van der Waals surface area contributed by atoms with Crippen LogP contribution < -0.4 is 0 Å². The van der Waals surface area contributed by atoms with Crippen LogP contribution in [0.3, 0.4) is 0 Å². The number of rotatable bonds is 2. The molecule has 2 heterocycles. The maximum Gasteiger partial charge on any atom is 0.234 e. The zero-order valence-corrected chi connectivity index (χ0v) is 12.9. The molecule has 4 nitrogen and oxygen atoms in total. The van der Waals surface area contributed by atoms with Crippen molar-refractivity contribution in [2.75, 3.05) is 0 Å². The van der Waals surface area contributed by atoms with Crippen molar-refractivity contribution < 1.29 is 0 Å². The Hall–Kier alpha value is -1.75. The van der Waals surface area contributed by atoms with Gasteiger partial charge in [-0.25, -0.2) is 0 Å². The lowest BCUT2D eigenvalue weighted by Crippen LogP contribution is -2.04. The summed E-state index contributed by atoms with van der Waals surface area (Å²) in [5.41, 5.74) is 2.33. The monoisotopic (exact) mass is 298 g/mol. The second kappa shape index (κ2) is 5.22. The molecule has 108 valence electrons. The molecule has 21 heavy (non-hydrogen) atoms. The molecule has 1 aliphatic rings. The van der Waals surface area contributed by atoms with Crippen LogP contribution in [0.5, 0.6) is 0 Å². The molecule has 0 aliphatic heterocycles. The van der Waals surface area contributed by atoms with Gasteiger partial charge in [-0.3, -0.25) is 0 Å². The summed E-state index contributed by atoms with van der Waals surface area (Å²) in [7, 11) is 0. The van der Waals surface area contributed by atoms with E-state index in [0.29, 0.717) is 5.92 Å². The van der Waals surface area contributed by atoms with Crippen LogP contribution in [0.25, 0.3) is 16.3 Å². The highest BCUT2D eigenvalue weighted by molar-refractivity contribution is 7.16. The third-order valence-corrected chi connectivity index (χ3v) is 5.33. The fourth-order valence-electron chi connectivity index (χ4n) is 3.03. The molecule has 1 aliphatic carbocycles. The van der Waals surface area contributed by atoms with Crippen molar-refractivity contribution in [2.24, 2.45) is 0 Å². The van der Waals surface area contributed by atoms with E-state index in [2.05, 4.69) is 41.4 Å². The van der Waals surface area contributed by atoms with Crippen molar-refractivity contribution in [1.29, 1.82) is 0 Å². The first-order valence-corrected chi connectivity index (χ1v) is 8.42. The third-order valence-electron chi connectivity index (χ3n) is 4.27. The average Bonchev–Trinajstić information content (AvgIpc) is 3.09. The summed E-state index contributed by atoms with van der Waals surface area (Å²) in [6, 6.07) is 8.38. The van der Waals surface area contributed by atoms with Crippen LogP contribution >= 0.6 is 11.3 Å². The highest BCUT2D eigenvalue weighted by Gasteiger charge is 2.21. The quantitative estimate of drug-likeness (QED) is 0.712. The molecule has 5 heteroatoms. The Morgan fingerprint density at radius 2 is 1.81 bits per heavy atom. The van der Waals surface area contributed by atoms with Gasteiger partial charge in [-0.05, 0) is 19.8 Å². The topological polar surface area (TPSA) is 43.1 Å². The van der Waals surface area contributed by atoms with Crippen molar-refractivity contribution >= 4 is 16.3 Å². The molecule has 1 saturated carbocycles. The summed E-state index contributed by atoms with van der Waals surface area (Å²) in [6.07, 6.45) is 6.56. The molecule has 0 amide bonds. The summed E-state index contributed by atoms with van der Waals surface area (Å²) in [5, 5.41) is 14.6. The predicted octanol–water partition coefficient (Wildman–Crippen LogP) is 4.21. The Morgan fingerprint density at radius 1 is 1.05 bits per heavy atom. The van der Waals surface area contributed by atoms with Gasteiger partial charge in [0.15, 0.2) is 5.82 Å². The lowest BCUT2D eigenvalue weighted by molar-refractivity contribution is 0.440. The number of hydrogen-bond acceptors (Lipinski definition) is 4. The number of fused-ring (bicyclic) bond motifs is 1. The van der Waals surface area contributed by atoms with Crippen molar-refractivity contribution in [3.05, 3.63) is 34.8 Å². The van der Waals surface area contributed by atoms with Crippen molar-refractivity contribution in [2.45, 2.75) is 44.9 Å². The molecule has 1 fully saturated rings. The van der Waals surface area contributed by atoms with E-state index in [0.717, 1.165) is 16.3 Å². The Labute approximate surface area is 127 Å². The first-order valence-electron chi connectivity index (χ1n) is 7.60. The maximum atomic E-state index is 4.81. The van der Waals surface area contributed by atoms with E-state index in [9.17, 15) is 0 Å². The first kappa shape index (κ1) is 13.0. The Morgan fingerprint density at radius 3 is 2.57 bits per heavy atom. The Kier molecular flexibility index (Phi) is 3.22. The smallest absolute Gasteiger partial charge is 0.183 e. The van der Waals surface area contributed by atoms with Gasteiger partial charge in [-0.2, -0.15) is 9.61 Å². The minimum atomic E-state index is 0.622. The van der Waals surface area contributed by atoms with Crippen LogP contribution in [0.4, 0.5) is 0 Å². The fraction of sp³-hybridized carbons (Fsp3) is 0.438. The van der Waals surface area contributed by atoms with Crippen LogP contribution in [-0.4, -0.2) is 19.8 Å². The Balaban J connectivity index is 1.73. The molecule has 0 unspecified atom stereocenters. The van der Waals surface area contributed by atoms with Gasteiger partial charge in [0.05, 0.1) is 0 Å². The Bertz CT molecular complexity index is 750. The molecule has 0 atom stereocenters. The van der Waals surface area contributed by atoms with E-state index in [-0.39, 0.29) is 0 Å². The zero-order chi connectivity index (χ0) is 14.2. The standard InChI is InChI=1S/C16H18N4S/c1-11-7-9-12(10-8-11)14-17-18-16-20(14)19-15(21-16)13-5-3-2-4-6-13/h7-10,13H,2-6H2,1H3. The average molecular weight is 298 g/mol. The first-order chi connectivity index (χ1) is 10.3. The molecular weight excluding hydrogens is 280 g/mol. The molecule has 1 aromatic carbocycles. The molecule has 0 spiro atoms.